The molecule has 3 rings (SSSR count). The predicted octanol–water partition coefficient (Wildman–Crippen LogP) is -0.109. The van der Waals surface area contributed by atoms with Crippen molar-refractivity contribution >= 4 is 5.91 Å². The lowest BCUT2D eigenvalue weighted by molar-refractivity contribution is 0.0736. The number of carbonyl (C=O) groups excluding carboxylic acids is 1. The number of rotatable bonds is 3. The standard InChI is InChI=1S/C15H17N5O3/c21-14-6-13(16-10-17-14)5-11-8-20(3-4-23-9-11)15(22)12-1-2-18-19-7-12/h1-2,6-7,10-11H,3-5,8-9H2,(H,16,17,21). The first kappa shape index (κ1) is 15.3. The van der Waals surface area contributed by atoms with Crippen molar-refractivity contribution in [2.45, 2.75) is 6.42 Å². The van der Waals surface area contributed by atoms with Crippen LogP contribution in [0.5, 0.6) is 0 Å². The lowest BCUT2D eigenvalue weighted by Crippen LogP contribution is -2.36. The molecule has 0 aromatic carbocycles. The first-order chi connectivity index (χ1) is 11.2. The molecule has 1 fully saturated rings. The Labute approximate surface area is 132 Å². The normalized spacial score (nSPS) is 18.4. The number of amides is 1. The Morgan fingerprint density at radius 2 is 2.35 bits per heavy atom. The molecule has 1 amide bonds. The highest BCUT2D eigenvalue weighted by atomic mass is 16.5. The largest absolute Gasteiger partial charge is 0.379 e. The van der Waals surface area contributed by atoms with Crippen LogP contribution in [0.2, 0.25) is 0 Å². The summed E-state index contributed by atoms with van der Waals surface area (Å²) in [6.45, 7) is 2.10. The SMILES string of the molecule is O=C(c1ccnnc1)N1CCOCC(Cc2cc(=O)[nH]cn2)C1. The fourth-order valence-electron chi connectivity index (χ4n) is 2.60. The highest BCUT2D eigenvalue weighted by Gasteiger charge is 2.24. The molecule has 0 radical (unpaired) electrons. The van der Waals surface area contributed by atoms with Crippen molar-refractivity contribution in [1.82, 2.24) is 25.1 Å². The van der Waals surface area contributed by atoms with E-state index in [2.05, 4.69) is 20.2 Å². The second-order valence-electron chi connectivity index (χ2n) is 5.43. The van der Waals surface area contributed by atoms with Crippen LogP contribution in [-0.4, -0.2) is 57.3 Å². The van der Waals surface area contributed by atoms with Gasteiger partial charge in [0.15, 0.2) is 0 Å². The van der Waals surface area contributed by atoms with Gasteiger partial charge in [-0.3, -0.25) is 9.59 Å². The third-order valence-electron chi connectivity index (χ3n) is 3.69. The fraction of sp³-hybridized carbons (Fsp3) is 0.400. The molecule has 0 saturated carbocycles. The molecule has 1 saturated heterocycles. The van der Waals surface area contributed by atoms with E-state index in [1.165, 1.54) is 24.8 Å². The molecule has 2 aromatic heterocycles. The van der Waals surface area contributed by atoms with Gasteiger partial charge in [-0.05, 0) is 12.5 Å². The zero-order chi connectivity index (χ0) is 16.1. The molecule has 1 aliphatic rings. The van der Waals surface area contributed by atoms with Crippen LogP contribution in [0.3, 0.4) is 0 Å². The van der Waals surface area contributed by atoms with Crippen molar-refractivity contribution in [1.29, 1.82) is 0 Å². The van der Waals surface area contributed by atoms with Gasteiger partial charge in [-0.2, -0.15) is 10.2 Å². The minimum absolute atomic E-state index is 0.0885. The van der Waals surface area contributed by atoms with E-state index in [1.54, 1.807) is 11.0 Å². The highest BCUT2D eigenvalue weighted by molar-refractivity contribution is 5.93. The van der Waals surface area contributed by atoms with E-state index >= 15 is 0 Å². The number of aromatic amines is 1. The number of hydrogen-bond donors (Lipinski definition) is 1. The smallest absolute Gasteiger partial charge is 0.255 e. The van der Waals surface area contributed by atoms with Gasteiger partial charge >= 0.3 is 0 Å². The van der Waals surface area contributed by atoms with Gasteiger partial charge in [0, 0.05) is 30.8 Å². The van der Waals surface area contributed by atoms with Crippen LogP contribution in [0.25, 0.3) is 0 Å². The quantitative estimate of drug-likeness (QED) is 0.848. The van der Waals surface area contributed by atoms with Crippen molar-refractivity contribution in [3.05, 3.63) is 52.5 Å². The Kier molecular flexibility index (Phi) is 4.72. The molecule has 120 valence electrons. The molecule has 1 unspecified atom stereocenters. The van der Waals surface area contributed by atoms with E-state index < -0.39 is 0 Å². The Bertz CT molecular complexity index is 718. The van der Waals surface area contributed by atoms with Gasteiger partial charge in [0.25, 0.3) is 11.5 Å². The summed E-state index contributed by atoms with van der Waals surface area (Å²) in [5.41, 5.74) is 1.03. The van der Waals surface area contributed by atoms with Crippen molar-refractivity contribution in [3.63, 3.8) is 0 Å². The van der Waals surface area contributed by atoms with Crippen LogP contribution in [0, 0.1) is 5.92 Å². The summed E-state index contributed by atoms with van der Waals surface area (Å²) in [5.74, 6) is -0.000172. The zero-order valence-corrected chi connectivity index (χ0v) is 12.5. The van der Waals surface area contributed by atoms with Crippen molar-refractivity contribution in [3.8, 4) is 0 Å². The Morgan fingerprint density at radius 3 is 3.13 bits per heavy atom. The predicted molar refractivity (Wildman–Crippen MR) is 80.8 cm³/mol. The monoisotopic (exact) mass is 315 g/mol. The second kappa shape index (κ2) is 7.10. The Balaban J connectivity index is 1.71. The van der Waals surface area contributed by atoms with Gasteiger partial charge in [0.2, 0.25) is 0 Å². The van der Waals surface area contributed by atoms with Gasteiger partial charge < -0.3 is 14.6 Å². The molecular formula is C15H17N5O3. The maximum absolute atomic E-state index is 12.5. The van der Waals surface area contributed by atoms with Crippen LogP contribution in [0.15, 0.2) is 35.6 Å². The van der Waals surface area contributed by atoms with E-state index in [-0.39, 0.29) is 17.4 Å². The minimum atomic E-state index is -0.180. The topological polar surface area (TPSA) is 101 Å². The summed E-state index contributed by atoms with van der Waals surface area (Å²) in [6.07, 6.45) is 4.93. The van der Waals surface area contributed by atoms with E-state index in [9.17, 15) is 9.59 Å². The molecule has 23 heavy (non-hydrogen) atoms. The minimum Gasteiger partial charge on any atom is -0.379 e. The number of ether oxygens (including phenoxy) is 1. The molecule has 1 atom stereocenters. The summed E-state index contributed by atoms with van der Waals surface area (Å²) in [4.78, 5) is 32.3. The highest BCUT2D eigenvalue weighted by Crippen LogP contribution is 2.14. The third-order valence-corrected chi connectivity index (χ3v) is 3.69. The molecule has 0 bridgehead atoms. The second-order valence-corrected chi connectivity index (χ2v) is 5.43. The number of nitrogens with zero attached hydrogens (tertiary/aromatic N) is 4. The van der Waals surface area contributed by atoms with Gasteiger partial charge in [-0.1, -0.05) is 0 Å². The molecule has 8 heteroatoms. The molecule has 3 heterocycles. The number of carbonyl (C=O) groups is 1. The molecular weight excluding hydrogens is 298 g/mol. The van der Waals surface area contributed by atoms with E-state index in [1.807, 2.05) is 0 Å². The van der Waals surface area contributed by atoms with E-state index in [0.717, 1.165) is 0 Å². The number of nitrogens with one attached hydrogen (secondary N) is 1. The fourth-order valence-corrected chi connectivity index (χ4v) is 2.60. The van der Waals surface area contributed by atoms with Crippen LogP contribution in [0.1, 0.15) is 16.1 Å². The maximum Gasteiger partial charge on any atom is 0.255 e. The van der Waals surface area contributed by atoms with E-state index in [0.29, 0.717) is 44.0 Å². The molecule has 2 aromatic rings. The Morgan fingerprint density at radius 1 is 1.43 bits per heavy atom. The number of hydrogen-bond acceptors (Lipinski definition) is 6. The average molecular weight is 315 g/mol. The van der Waals surface area contributed by atoms with Gasteiger partial charge in [0.05, 0.1) is 37.5 Å². The lowest BCUT2D eigenvalue weighted by Gasteiger charge is -2.23. The Hall–Kier alpha value is -2.61. The number of aromatic nitrogens is 4. The molecule has 0 spiro atoms. The third kappa shape index (κ3) is 3.98. The summed E-state index contributed by atoms with van der Waals surface area (Å²) >= 11 is 0. The molecule has 0 aliphatic carbocycles. The maximum atomic E-state index is 12.5. The molecule has 1 aliphatic heterocycles. The van der Waals surface area contributed by atoms with Gasteiger partial charge in [-0.15, -0.1) is 0 Å². The van der Waals surface area contributed by atoms with Crippen molar-refractivity contribution in [2.24, 2.45) is 5.92 Å². The van der Waals surface area contributed by atoms with Gasteiger partial charge in [-0.25, -0.2) is 4.98 Å². The van der Waals surface area contributed by atoms with Crippen molar-refractivity contribution in [2.75, 3.05) is 26.3 Å². The van der Waals surface area contributed by atoms with Crippen LogP contribution >= 0.6 is 0 Å². The zero-order valence-electron chi connectivity index (χ0n) is 12.5. The first-order valence-corrected chi connectivity index (χ1v) is 7.39. The van der Waals surface area contributed by atoms with E-state index in [4.69, 9.17) is 4.74 Å². The summed E-state index contributed by atoms with van der Waals surface area (Å²) in [6, 6.07) is 3.12. The average Bonchev–Trinajstić information content (AvgIpc) is 2.80. The van der Waals surface area contributed by atoms with Gasteiger partial charge in [0.1, 0.15) is 0 Å². The summed E-state index contributed by atoms with van der Waals surface area (Å²) in [5, 5.41) is 7.43. The van der Waals surface area contributed by atoms with Crippen LogP contribution < -0.4 is 5.56 Å². The van der Waals surface area contributed by atoms with Crippen molar-refractivity contribution < 1.29 is 9.53 Å². The summed E-state index contributed by atoms with van der Waals surface area (Å²) in [7, 11) is 0. The first-order valence-electron chi connectivity index (χ1n) is 7.39. The lowest BCUT2D eigenvalue weighted by atomic mass is 10.0. The molecule has 8 nitrogen and oxygen atoms in total. The van der Waals surface area contributed by atoms with Crippen LogP contribution in [0.4, 0.5) is 0 Å². The number of H-pyrrole nitrogens is 1. The summed E-state index contributed by atoms with van der Waals surface area (Å²) < 4.78 is 5.59. The molecule has 1 N–H and O–H groups in total. The van der Waals surface area contributed by atoms with Crippen LogP contribution in [-0.2, 0) is 11.2 Å².